The molecule has 1 aromatic rings. The highest BCUT2D eigenvalue weighted by atomic mass is 28.4. The highest BCUT2D eigenvalue weighted by Gasteiger charge is 2.59. The van der Waals surface area contributed by atoms with Gasteiger partial charge < -0.3 is 19.4 Å². The van der Waals surface area contributed by atoms with Gasteiger partial charge in [-0.25, -0.2) is 9.18 Å². The first-order valence-electron chi connectivity index (χ1n) is 11.3. The van der Waals surface area contributed by atoms with E-state index in [0.717, 1.165) is 13.1 Å². The molecule has 3 fully saturated rings. The van der Waals surface area contributed by atoms with Crippen LogP contribution in [-0.4, -0.2) is 58.7 Å². The zero-order valence-corrected chi connectivity index (χ0v) is 20.8. The summed E-state index contributed by atoms with van der Waals surface area (Å²) >= 11 is 0. The molecule has 0 bridgehead atoms. The van der Waals surface area contributed by atoms with Gasteiger partial charge >= 0.3 is 6.09 Å². The molecule has 4 atom stereocenters. The van der Waals surface area contributed by atoms with Gasteiger partial charge in [-0.1, -0.05) is 20.8 Å². The number of amides is 2. The van der Waals surface area contributed by atoms with E-state index in [1.807, 2.05) is 0 Å². The van der Waals surface area contributed by atoms with E-state index < -0.39 is 20.5 Å². The second-order valence-corrected chi connectivity index (χ2v) is 15.5. The van der Waals surface area contributed by atoms with Crippen LogP contribution in [0.3, 0.4) is 0 Å². The van der Waals surface area contributed by atoms with Crippen LogP contribution in [0.4, 0.5) is 20.6 Å². The molecule has 2 aliphatic heterocycles. The van der Waals surface area contributed by atoms with Crippen LogP contribution in [-0.2, 0) is 14.0 Å². The van der Waals surface area contributed by atoms with Crippen molar-refractivity contribution >= 4 is 31.7 Å². The van der Waals surface area contributed by atoms with Crippen LogP contribution in [0.1, 0.15) is 27.7 Å². The average Bonchev–Trinajstić information content (AvgIpc) is 3.03. The molecule has 0 spiro atoms. The van der Waals surface area contributed by atoms with Gasteiger partial charge in [-0.3, -0.25) is 9.69 Å². The van der Waals surface area contributed by atoms with E-state index in [1.54, 1.807) is 12.1 Å². The molecule has 1 aliphatic carbocycles. The smallest absolute Gasteiger partial charge is 0.414 e. The Labute approximate surface area is 190 Å². The number of nitrogens with one attached hydrogen (secondary N) is 1. The van der Waals surface area contributed by atoms with Crippen molar-refractivity contribution in [2.45, 2.75) is 58.0 Å². The quantitative estimate of drug-likeness (QED) is 0.651. The van der Waals surface area contributed by atoms with Gasteiger partial charge in [0.2, 0.25) is 5.91 Å². The minimum atomic E-state index is -1.80. The highest BCUT2D eigenvalue weighted by Crippen LogP contribution is 2.52. The van der Waals surface area contributed by atoms with Crippen molar-refractivity contribution in [3.8, 4) is 0 Å². The standard InChI is InChI=1S/C23H34FN3O4Si/c1-14(28)25-10-16-11-27(22(29)30-16)15-7-8-20(19(24)9-15)26-12-17-18(13-26)21(17)31-32(5,6)23(2,3)4/h7-9,16-18,21H,10-13H2,1-6H3,(H,25,28)/t16-,17-,18+,21?/m0/s1. The van der Waals surface area contributed by atoms with Crippen LogP contribution in [0.2, 0.25) is 18.1 Å². The van der Waals surface area contributed by atoms with Crippen molar-refractivity contribution in [2.75, 3.05) is 36.0 Å². The Morgan fingerprint density at radius 2 is 1.91 bits per heavy atom. The number of nitrogens with zero attached hydrogens (tertiary/aromatic N) is 2. The zero-order chi connectivity index (χ0) is 23.4. The van der Waals surface area contributed by atoms with Gasteiger partial charge in [0.25, 0.3) is 0 Å². The SMILES string of the molecule is CC(=O)NC[C@H]1CN(c2ccc(N3C[C@@H]4C(O[Si](C)(C)C(C)(C)C)[C@@H]4C3)c(F)c2)C(=O)O1. The summed E-state index contributed by atoms with van der Waals surface area (Å²) in [5.41, 5.74) is 1.03. The summed E-state index contributed by atoms with van der Waals surface area (Å²) in [5.74, 6) is 0.400. The first-order chi connectivity index (χ1) is 14.9. The Kier molecular flexibility index (Phi) is 5.77. The molecule has 1 N–H and O–H groups in total. The molecule has 1 unspecified atom stereocenters. The Balaban J connectivity index is 1.36. The fourth-order valence-electron chi connectivity index (χ4n) is 4.38. The molecular formula is C23H34FN3O4Si. The number of hydrogen-bond acceptors (Lipinski definition) is 5. The van der Waals surface area contributed by atoms with Crippen molar-refractivity contribution in [3.63, 3.8) is 0 Å². The third-order valence-corrected chi connectivity index (χ3v) is 11.9. The summed E-state index contributed by atoms with van der Waals surface area (Å²) in [6.07, 6.45) is -0.674. The molecule has 2 heterocycles. The van der Waals surface area contributed by atoms with Crippen LogP contribution >= 0.6 is 0 Å². The van der Waals surface area contributed by atoms with Gasteiger partial charge in [-0.15, -0.1) is 0 Å². The van der Waals surface area contributed by atoms with Gasteiger partial charge in [0, 0.05) is 31.8 Å². The fourth-order valence-corrected chi connectivity index (χ4v) is 5.76. The molecule has 7 nitrogen and oxygen atoms in total. The maximum atomic E-state index is 15.0. The first-order valence-corrected chi connectivity index (χ1v) is 14.2. The Bertz CT molecular complexity index is 907. The van der Waals surface area contributed by atoms with Crippen LogP contribution in [0.5, 0.6) is 0 Å². The number of cyclic esters (lactones) is 1. The molecule has 0 aromatic heterocycles. The molecule has 1 aromatic carbocycles. The summed E-state index contributed by atoms with van der Waals surface area (Å²) in [7, 11) is -1.80. The predicted molar refractivity (Wildman–Crippen MR) is 124 cm³/mol. The number of halogens is 1. The molecule has 9 heteroatoms. The third kappa shape index (κ3) is 4.37. The lowest BCUT2D eigenvalue weighted by Crippen LogP contribution is -2.43. The molecular weight excluding hydrogens is 429 g/mol. The lowest BCUT2D eigenvalue weighted by molar-refractivity contribution is -0.119. The van der Waals surface area contributed by atoms with Gasteiger partial charge in [-0.05, 0) is 36.3 Å². The van der Waals surface area contributed by atoms with Crippen molar-refractivity contribution in [1.29, 1.82) is 0 Å². The average molecular weight is 464 g/mol. The number of rotatable bonds is 6. The summed E-state index contributed by atoms with van der Waals surface area (Å²) in [5, 5.41) is 2.82. The fraction of sp³-hybridized carbons (Fsp3) is 0.652. The van der Waals surface area contributed by atoms with Crippen LogP contribution in [0.25, 0.3) is 0 Å². The van der Waals surface area contributed by atoms with Crippen molar-refractivity contribution < 1.29 is 23.1 Å². The van der Waals surface area contributed by atoms with E-state index in [9.17, 15) is 14.0 Å². The Hall–Kier alpha value is -2.13. The number of carbonyl (C=O) groups excluding carboxylic acids is 2. The number of carbonyl (C=O) groups is 2. The molecule has 32 heavy (non-hydrogen) atoms. The minimum absolute atomic E-state index is 0.184. The summed E-state index contributed by atoms with van der Waals surface area (Å²) in [6, 6.07) is 4.90. The number of fused-ring (bicyclic) bond motifs is 1. The third-order valence-electron chi connectivity index (χ3n) is 7.39. The topological polar surface area (TPSA) is 71.1 Å². The van der Waals surface area contributed by atoms with Crippen molar-refractivity contribution in [2.24, 2.45) is 11.8 Å². The van der Waals surface area contributed by atoms with Crippen LogP contribution in [0, 0.1) is 17.7 Å². The number of ether oxygens (including phenoxy) is 1. The van der Waals surface area contributed by atoms with E-state index in [1.165, 1.54) is 17.9 Å². The lowest BCUT2D eigenvalue weighted by atomic mass is 10.2. The van der Waals surface area contributed by atoms with Crippen molar-refractivity contribution in [3.05, 3.63) is 24.0 Å². The molecule has 4 rings (SSSR count). The number of piperidine rings is 1. The summed E-state index contributed by atoms with van der Waals surface area (Å²) in [4.78, 5) is 26.8. The van der Waals surface area contributed by atoms with Crippen LogP contribution < -0.4 is 15.1 Å². The minimum Gasteiger partial charge on any atom is -0.442 e. The van der Waals surface area contributed by atoms with Crippen molar-refractivity contribution in [1.82, 2.24) is 5.32 Å². The molecule has 2 saturated heterocycles. The lowest BCUT2D eigenvalue weighted by Gasteiger charge is -2.37. The monoisotopic (exact) mass is 463 g/mol. The maximum absolute atomic E-state index is 15.0. The zero-order valence-electron chi connectivity index (χ0n) is 19.8. The molecule has 176 valence electrons. The second kappa shape index (κ2) is 8.02. The maximum Gasteiger partial charge on any atom is 0.414 e. The number of hydrogen-bond donors (Lipinski definition) is 1. The van der Waals surface area contributed by atoms with E-state index >= 15 is 0 Å². The van der Waals surface area contributed by atoms with E-state index in [2.05, 4.69) is 44.1 Å². The number of benzene rings is 1. The van der Waals surface area contributed by atoms with Gasteiger partial charge in [-0.2, -0.15) is 0 Å². The normalized spacial score (nSPS) is 27.4. The molecule has 0 radical (unpaired) electrons. The van der Waals surface area contributed by atoms with Gasteiger partial charge in [0.05, 0.1) is 30.6 Å². The number of anilines is 2. The van der Waals surface area contributed by atoms with Gasteiger partial charge in [0.1, 0.15) is 11.9 Å². The van der Waals surface area contributed by atoms with Crippen LogP contribution in [0.15, 0.2) is 18.2 Å². The predicted octanol–water partition coefficient (Wildman–Crippen LogP) is 3.74. The van der Waals surface area contributed by atoms with Gasteiger partial charge in [0.15, 0.2) is 8.32 Å². The molecule has 3 aliphatic rings. The first kappa shape index (κ1) is 23.0. The van der Waals surface area contributed by atoms with E-state index in [-0.39, 0.29) is 29.9 Å². The highest BCUT2D eigenvalue weighted by molar-refractivity contribution is 6.74. The Morgan fingerprint density at radius 1 is 1.25 bits per heavy atom. The van der Waals surface area contributed by atoms with E-state index in [4.69, 9.17) is 9.16 Å². The van der Waals surface area contributed by atoms with E-state index in [0.29, 0.717) is 29.3 Å². The second-order valence-electron chi connectivity index (χ2n) is 10.8. The molecule has 2 amide bonds. The summed E-state index contributed by atoms with van der Waals surface area (Å²) in [6.45, 7) is 14.8. The molecule has 1 saturated carbocycles. The summed E-state index contributed by atoms with van der Waals surface area (Å²) < 4.78 is 26.8. The largest absolute Gasteiger partial charge is 0.442 e. The Morgan fingerprint density at radius 3 is 2.47 bits per heavy atom.